The number of carbonyl (C=O) groups is 1. The molecule has 0 aromatic heterocycles. The highest BCUT2D eigenvalue weighted by molar-refractivity contribution is 6.44. The summed E-state index contributed by atoms with van der Waals surface area (Å²) in [6, 6.07) is 2.24. The van der Waals surface area contributed by atoms with Gasteiger partial charge in [-0.2, -0.15) is 0 Å². The molecule has 0 aliphatic heterocycles. The number of halogens is 2. The van der Waals surface area contributed by atoms with Crippen molar-refractivity contribution in [3.63, 3.8) is 0 Å². The number of hydrogen-bond donors (Lipinski definition) is 0. The van der Waals surface area contributed by atoms with Gasteiger partial charge in [0.05, 0.1) is 33.2 Å². The van der Waals surface area contributed by atoms with Crippen molar-refractivity contribution in [3.8, 4) is 0 Å². The van der Waals surface area contributed by atoms with Gasteiger partial charge in [-0.25, -0.2) is 0 Å². The van der Waals surface area contributed by atoms with Crippen LogP contribution in [0, 0.1) is 10.1 Å². The van der Waals surface area contributed by atoms with E-state index in [1.165, 1.54) is 4.90 Å². The van der Waals surface area contributed by atoms with E-state index in [9.17, 15) is 14.9 Å². The molecule has 1 rings (SSSR count). The van der Waals surface area contributed by atoms with Crippen LogP contribution in [-0.2, 0) is 4.74 Å². The molecular weight excluding hydrogens is 319 g/mol. The van der Waals surface area contributed by atoms with Gasteiger partial charge in [-0.05, 0) is 13.8 Å². The zero-order chi connectivity index (χ0) is 16.2. The van der Waals surface area contributed by atoms with E-state index in [2.05, 4.69) is 0 Å². The van der Waals surface area contributed by atoms with Gasteiger partial charge in [-0.3, -0.25) is 14.9 Å². The van der Waals surface area contributed by atoms with E-state index in [4.69, 9.17) is 27.9 Å². The molecule has 0 heterocycles. The number of nitro benzene ring substituents is 1. The van der Waals surface area contributed by atoms with Crippen molar-refractivity contribution in [2.45, 2.75) is 20.0 Å². The van der Waals surface area contributed by atoms with Gasteiger partial charge in [-0.1, -0.05) is 23.2 Å². The maximum absolute atomic E-state index is 12.3. The summed E-state index contributed by atoms with van der Waals surface area (Å²) in [4.78, 5) is 23.8. The highest BCUT2D eigenvalue weighted by Crippen LogP contribution is 2.31. The number of rotatable bonds is 6. The number of ether oxygens (including phenoxy) is 1. The van der Waals surface area contributed by atoms with Gasteiger partial charge >= 0.3 is 0 Å². The van der Waals surface area contributed by atoms with Crippen LogP contribution < -0.4 is 0 Å². The number of benzene rings is 1. The fourth-order valence-corrected chi connectivity index (χ4v) is 1.97. The van der Waals surface area contributed by atoms with Crippen molar-refractivity contribution in [1.82, 2.24) is 4.90 Å². The summed E-state index contributed by atoms with van der Waals surface area (Å²) in [6.07, 6.45) is 0.0596. The van der Waals surface area contributed by atoms with E-state index in [1.54, 1.807) is 7.05 Å². The molecule has 0 unspecified atom stereocenters. The second-order valence-corrected chi connectivity index (χ2v) is 5.48. The molecule has 0 radical (unpaired) electrons. The van der Waals surface area contributed by atoms with Crippen molar-refractivity contribution in [2.24, 2.45) is 0 Å². The highest BCUT2D eigenvalue weighted by Gasteiger charge is 2.21. The summed E-state index contributed by atoms with van der Waals surface area (Å²) in [6.45, 7) is 4.48. The maximum Gasteiger partial charge on any atom is 0.271 e. The molecule has 6 nitrogen and oxygen atoms in total. The number of likely N-dealkylation sites (N-methyl/N-ethyl adjacent to an activating group) is 1. The number of nitro groups is 1. The van der Waals surface area contributed by atoms with Crippen LogP contribution >= 0.6 is 23.2 Å². The predicted octanol–water partition coefficient (Wildman–Crippen LogP) is 3.40. The molecular formula is C13H16Cl2N2O4. The Morgan fingerprint density at radius 1 is 1.43 bits per heavy atom. The first-order chi connectivity index (χ1) is 9.73. The Labute approximate surface area is 132 Å². The Bertz CT molecular complexity index is 549. The van der Waals surface area contributed by atoms with Crippen LogP contribution in [0.5, 0.6) is 0 Å². The number of hydrogen-bond acceptors (Lipinski definition) is 4. The van der Waals surface area contributed by atoms with Gasteiger partial charge in [0, 0.05) is 25.7 Å². The van der Waals surface area contributed by atoms with Crippen LogP contribution in [-0.4, -0.2) is 42.0 Å². The zero-order valence-electron chi connectivity index (χ0n) is 11.9. The van der Waals surface area contributed by atoms with Crippen LogP contribution in [0.15, 0.2) is 12.1 Å². The molecule has 0 bridgehead atoms. The second-order valence-electron chi connectivity index (χ2n) is 4.69. The third-order valence-electron chi connectivity index (χ3n) is 2.68. The molecule has 0 aliphatic carbocycles. The summed E-state index contributed by atoms with van der Waals surface area (Å²) in [5.74, 6) is -0.446. The zero-order valence-corrected chi connectivity index (χ0v) is 13.4. The minimum absolute atomic E-state index is 0.00270. The number of non-ortho nitro benzene ring substituents is 1. The second kappa shape index (κ2) is 7.59. The fourth-order valence-electron chi connectivity index (χ4n) is 1.57. The van der Waals surface area contributed by atoms with Crippen molar-refractivity contribution >= 4 is 34.8 Å². The molecule has 0 saturated heterocycles. The lowest BCUT2D eigenvalue weighted by molar-refractivity contribution is -0.384. The predicted molar refractivity (Wildman–Crippen MR) is 81.2 cm³/mol. The quantitative estimate of drug-likeness (QED) is 0.590. The van der Waals surface area contributed by atoms with Crippen molar-refractivity contribution in [2.75, 3.05) is 20.2 Å². The van der Waals surface area contributed by atoms with E-state index in [-0.39, 0.29) is 27.4 Å². The summed E-state index contributed by atoms with van der Waals surface area (Å²) in [5.41, 5.74) is -0.275. The van der Waals surface area contributed by atoms with E-state index in [1.807, 2.05) is 13.8 Å². The summed E-state index contributed by atoms with van der Waals surface area (Å²) >= 11 is 11.8. The summed E-state index contributed by atoms with van der Waals surface area (Å²) < 4.78 is 5.35. The third-order valence-corrected chi connectivity index (χ3v) is 3.48. The van der Waals surface area contributed by atoms with E-state index < -0.39 is 10.8 Å². The molecule has 116 valence electrons. The van der Waals surface area contributed by atoms with E-state index in [0.29, 0.717) is 13.2 Å². The van der Waals surface area contributed by atoms with Gasteiger partial charge in [0.15, 0.2) is 0 Å². The standard InChI is InChI=1S/C13H16Cl2N2O4/c1-8(2)21-5-4-16(3)13(18)10-6-9(17(19)20)7-11(14)12(10)15/h6-8H,4-5H2,1-3H3. The molecule has 1 amide bonds. The Morgan fingerprint density at radius 3 is 2.57 bits per heavy atom. The summed E-state index contributed by atoms with van der Waals surface area (Å²) in [5, 5.41) is 10.8. The lowest BCUT2D eigenvalue weighted by Gasteiger charge is -2.19. The molecule has 21 heavy (non-hydrogen) atoms. The largest absolute Gasteiger partial charge is 0.377 e. The number of amides is 1. The first-order valence-electron chi connectivity index (χ1n) is 6.24. The van der Waals surface area contributed by atoms with Crippen LogP contribution in [0.25, 0.3) is 0 Å². The van der Waals surface area contributed by atoms with Crippen molar-refractivity contribution < 1.29 is 14.5 Å². The monoisotopic (exact) mass is 334 g/mol. The van der Waals surface area contributed by atoms with Gasteiger partial charge < -0.3 is 9.64 Å². The van der Waals surface area contributed by atoms with Gasteiger partial charge in [0.2, 0.25) is 0 Å². The first kappa shape index (κ1) is 17.7. The molecule has 0 atom stereocenters. The first-order valence-corrected chi connectivity index (χ1v) is 7.00. The number of carbonyl (C=O) groups excluding carboxylic acids is 1. The topological polar surface area (TPSA) is 72.7 Å². The van der Waals surface area contributed by atoms with Crippen molar-refractivity contribution in [3.05, 3.63) is 37.9 Å². The molecule has 8 heteroatoms. The summed E-state index contributed by atoms with van der Waals surface area (Å²) in [7, 11) is 1.56. The van der Waals surface area contributed by atoms with Crippen LogP contribution in [0.3, 0.4) is 0 Å². The van der Waals surface area contributed by atoms with Gasteiger partial charge in [0.25, 0.3) is 11.6 Å². The molecule has 0 fully saturated rings. The third kappa shape index (κ3) is 4.84. The van der Waals surface area contributed by atoms with Crippen molar-refractivity contribution in [1.29, 1.82) is 0 Å². The Balaban J connectivity index is 2.93. The Hall–Kier alpha value is -1.37. The minimum Gasteiger partial charge on any atom is -0.377 e. The lowest BCUT2D eigenvalue weighted by Crippen LogP contribution is -2.31. The molecule has 1 aromatic carbocycles. The minimum atomic E-state index is -0.624. The normalized spacial score (nSPS) is 10.8. The maximum atomic E-state index is 12.3. The highest BCUT2D eigenvalue weighted by atomic mass is 35.5. The average Bonchev–Trinajstić information content (AvgIpc) is 2.40. The molecule has 0 spiro atoms. The van der Waals surface area contributed by atoms with Crippen LogP contribution in [0.4, 0.5) is 5.69 Å². The smallest absolute Gasteiger partial charge is 0.271 e. The van der Waals surface area contributed by atoms with Crippen LogP contribution in [0.1, 0.15) is 24.2 Å². The molecule has 1 aromatic rings. The molecule has 0 N–H and O–H groups in total. The van der Waals surface area contributed by atoms with Gasteiger partial charge in [0.1, 0.15) is 0 Å². The Morgan fingerprint density at radius 2 is 2.05 bits per heavy atom. The van der Waals surface area contributed by atoms with E-state index >= 15 is 0 Å². The number of nitrogens with zero attached hydrogens (tertiary/aromatic N) is 2. The molecule has 0 aliphatic rings. The Kier molecular flexibility index (Phi) is 6.39. The lowest BCUT2D eigenvalue weighted by atomic mass is 10.1. The van der Waals surface area contributed by atoms with Gasteiger partial charge in [-0.15, -0.1) is 0 Å². The molecule has 0 saturated carbocycles. The van der Waals surface area contributed by atoms with E-state index in [0.717, 1.165) is 12.1 Å². The fraction of sp³-hybridized carbons (Fsp3) is 0.462. The SMILES string of the molecule is CC(C)OCCN(C)C(=O)c1cc([N+](=O)[O-])cc(Cl)c1Cl. The van der Waals surface area contributed by atoms with Crippen LogP contribution in [0.2, 0.25) is 10.0 Å². The average molecular weight is 335 g/mol.